The zero-order valence-corrected chi connectivity index (χ0v) is 28.1. The fourth-order valence-electron chi connectivity index (χ4n) is 6.02. The van der Waals surface area contributed by atoms with Gasteiger partial charge in [0.05, 0.1) is 25.9 Å². The van der Waals surface area contributed by atoms with Gasteiger partial charge in [0.1, 0.15) is 6.04 Å². The largest absolute Gasteiger partial charge is 0.467 e. The summed E-state index contributed by atoms with van der Waals surface area (Å²) < 4.78 is 17.9. The molecule has 2 amide bonds. The van der Waals surface area contributed by atoms with Crippen molar-refractivity contribution in [2.75, 3.05) is 27.2 Å². The van der Waals surface area contributed by atoms with Crippen LogP contribution in [0.2, 0.25) is 0 Å². The number of carbonyl (C=O) groups excluding carboxylic acids is 2. The van der Waals surface area contributed by atoms with E-state index in [1.165, 1.54) is 7.11 Å². The Bertz CT molecular complexity index is 1660. The van der Waals surface area contributed by atoms with Gasteiger partial charge in [-0.3, -0.25) is 0 Å². The predicted octanol–water partition coefficient (Wildman–Crippen LogP) is 6.09. The van der Waals surface area contributed by atoms with Gasteiger partial charge in [-0.1, -0.05) is 109 Å². The summed E-state index contributed by atoms with van der Waals surface area (Å²) in [5.41, 5.74) is 6.59. The molecule has 49 heavy (non-hydrogen) atoms. The van der Waals surface area contributed by atoms with E-state index in [0.29, 0.717) is 12.8 Å². The Morgan fingerprint density at radius 1 is 0.939 bits per heavy atom. The number of benzene rings is 4. The number of amides is 2. The van der Waals surface area contributed by atoms with E-state index in [9.17, 15) is 14.7 Å². The second-order valence-electron chi connectivity index (χ2n) is 12.2. The van der Waals surface area contributed by atoms with Crippen LogP contribution in [0.5, 0.6) is 0 Å². The number of methoxy groups -OCH3 is 1. The number of nitrogens with zero attached hydrogens (tertiary/aromatic N) is 1. The molecule has 0 aliphatic carbocycles. The maximum atomic E-state index is 12.9. The quantitative estimate of drug-likeness (QED) is 0.111. The Hall–Kier alpha value is -4.80. The minimum atomic E-state index is -0.819. The van der Waals surface area contributed by atoms with Crippen LogP contribution in [-0.4, -0.2) is 61.4 Å². The number of rotatable bonds is 14. The second-order valence-corrected chi connectivity index (χ2v) is 12.2. The molecule has 0 unspecified atom stereocenters. The molecular weight excluding hydrogens is 618 g/mol. The van der Waals surface area contributed by atoms with E-state index in [0.717, 1.165) is 52.0 Å². The van der Waals surface area contributed by atoms with Gasteiger partial charge in [0, 0.05) is 38.0 Å². The minimum Gasteiger partial charge on any atom is -0.467 e. The molecule has 9 heteroatoms. The average Bonchev–Trinajstić information content (AvgIpc) is 3.14. The van der Waals surface area contributed by atoms with Crippen molar-refractivity contribution >= 4 is 12.0 Å². The van der Waals surface area contributed by atoms with Crippen LogP contribution in [0.3, 0.4) is 0 Å². The summed E-state index contributed by atoms with van der Waals surface area (Å²) in [5.74, 6) is -0.508. The molecule has 4 aromatic carbocycles. The number of aliphatic hydroxyl groups excluding tert-OH is 1. The van der Waals surface area contributed by atoms with Gasteiger partial charge in [-0.05, 0) is 40.4 Å². The van der Waals surface area contributed by atoms with Crippen LogP contribution in [0.15, 0.2) is 116 Å². The zero-order chi connectivity index (χ0) is 34.6. The number of ether oxygens (including phenoxy) is 3. The Kier molecular flexibility index (Phi) is 12.7. The van der Waals surface area contributed by atoms with E-state index in [4.69, 9.17) is 14.2 Å². The van der Waals surface area contributed by atoms with Crippen molar-refractivity contribution in [3.05, 3.63) is 144 Å². The van der Waals surface area contributed by atoms with E-state index >= 15 is 0 Å². The highest BCUT2D eigenvalue weighted by atomic mass is 16.7. The smallest absolute Gasteiger partial charge is 0.328 e. The topological polar surface area (TPSA) is 109 Å². The van der Waals surface area contributed by atoms with Crippen LogP contribution in [0, 0.1) is 0 Å². The number of esters is 1. The van der Waals surface area contributed by atoms with Gasteiger partial charge in [0.15, 0.2) is 6.29 Å². The first-order chi connectivity index (χ1) is 23.9. The Balaban J connectivity index is 1.27. The molecule has 0 bridgehead atoms. The molecule has 0 spiro atoms. The summed E-state index contributed by atoms with van der Waals surface area (Å²) in [6, 6.07) is 32.1. The van der Waals surface area contributed by atoms with Gasteiger partial charge >= 0.3 is 12.0 Å². The van der Waals surface area contributed by atoms with Gasteiger partial charge in [0.2, 0.25) is 0 Å². The molecule has 1 aliphatic heterocycles. The minimum absolute atomic E-state index is 0.00410. The monoisotopic (exact) mass is 663 g/mol. The van der Waals surface area contributed by atoms with Crippen LogP contribution in [0.1, 0.15) is 46.6 Å². The number of nitrogens with one attached hydrogen (secondary N) is 2. The number of aliphatic hydroxyl groups is 1. The molecule has 4 atom stereocenters. The molecule has 1 aliphatic rings. The van der Waals surface area contributed by atoms with E-state index in [-0.39, 0.29) is 25.4 Å². The van der Waals surface area contributed by atoms with Gasteiger partial charge in [-0.15, -0.1) is 6.58 Å². The lowest BCUT2D eigenvalue weighted by Gasteiger charge is -2.37. The SMILES string of the molecule is C=CCN(C)C[C@@H]1C[C@H](c2ccc(CO)cc2)O[C@H](c2ccc(-c3ccccc3CNC(=O)N[C@@H](Cc3ccccc3)C(=O)OC)cc2)O1. The highest BCUT2D eigenvalue weighted by Gasteiger charge is 2.32. The van der Waals surface area contributed by atoms with Crippen molar-refractivity contribution in [2.24, 2.45) is 0 Å². The normalized spacial score (nSPS) is 18.0. The highest BCUT2D eigenvalue weighted by molar-refractivity contribution is 5.84. The number of carbonyl (C=O) groups is 2. The summed E-state index contributed by atoms with van der Waals surface area (Å²) in [4.78, 5) is 27.5. The van der Waals surface area contributed by atoms with Crippen molar-refractivity contribution in [1.29, 1.82) is 0 Å². The maximum absolute atomic E-state index is 12.9. The molecule has 1 heterocycles. The van der Waals surface area contributed by atoms with Crippen LogP contribution in [0.4, 0.5) is 4.79 Å². The third-order valence-electron chi connectivity index (χ3n) is 8.60. The highest BCUT2D eigenvalue weighted by Crippen LogP contribution is 2.38. The van der Waals surface area contributed by atoms with Crippen molar-refractivity contribution < 1.29 is 28.9 Å². The summed E-state index contributed by atoms with van der Waals surface area (Å²) in [7, 11) is 3.36. The molecule has 3 N–H and O–H groups in total. The number of hydrogen-bond acceptors (Lipinski definition) is 7. The second kappa shape index (κ2) is 17.6. The van der Waals surface area contributed by atoms with Gasteiger partial charge in [-0.25, -0.2) is 9.59 Å². The van der Waals surface area contributed by atoms with Crippen LogP contribution in [0.25, 0.3) is 11.1 Å². The Morgan fingerprint density at radius 3 is 2.33 bits per heavy atom. The predicted molar refractivity (Wildman–Crippen MR) is 189 cm³/mol. The maximum Gasteiger partial charge on any atom is 0.328 e. The third kappa shape index (κ3) is 9.87. The lowest BCUT2D eigenvalue weighted by molar-refractivity contribution is -0.252. The first-order valence-corrected chi connectivity index (χ1v) is 16.5. The Morgan fingerprint density at radius 2 is 1.63 bits per heavy atom. The van der Waals surface area contributed by atoms with E-state index in [2.05, 4.69) is 22.1 Å². The van der Waals surface area contributed by atoms with Crippen LogP contribution >= 0.6 is 0 Å². The number of urea groups is 1. The summed E-state index contributed by atoms with van der Waals surface area (Å²) in [5, 5.41) is 15.2. The fraction of sp³-hybridized carbons (Fsp3) is 0.300. The molecule has 256 valence electrons. The van der Waals surface area contributed by atoms with Gasteiger partial charge < -0.3 is 34.9 Å². The average molecular weight is 664 g/mol. The molecule has 1 saturated heterocycles. The van der Waals surface area contributed by atoms with Gasteiger partial charge in [0.25, 0.3) is 0 Å². The zero-order valence-electron chi connectivity index (χ0n) is 28.1. The van der Waals surface area contributed by atoms with Crippen molar-refractivity contribution in [3.63, 3.8) is 0 Å². The molecule has 5 rings (SSSR count). The lowest BCUT2D eigenvalue weighted by atomic mass is 9.97. The van der Waals surface area contributed by atoms with E-state index in [1.807, 2.05) is 116 Å². The lowest BCUT2D eigenvalue weighted by Crippen LogP contribution is -2.47. The molecule has 4 aromatic rings. The summed E-state index contributed by atoms with van der Waals surface area (Å²) >= 11 is 0. The first-order valence-electron chi connectivity index (χ1n) is 16.5. The van der Waals surface area contributed by atoms with Crippen molar-refractivity contribution in [3.8, 4) is 11.1 Å². The molecule has 0 saturated carbocycles. The summed E-state index contributed by atoms with van der Waals surface area (Å²) in [6.45, 7) is 5.60. The standard InChI is InChI=1S/C40H45N3O6/c1-4-22-43(2)26-34-24-37(31-16-14-29(27-44)15-17-31)49-39(48-34)32-20-18-30(19-21-32)35-13-9-8-12-33(35)25-41-40(46)42-36(38(45)47-3)23-28-10-6-5-7-11-28/h4-21,34,36-37,39,44H,1,22-27H2,2-3H3,(H2,41,42,46)/t34-,36-,37+,39+/m0/s1. The van der Waals surface area contributed by atoms with Crippen LogP contribution < -0.4 is 10.6 Å². The van der Waals surface area contributed by atoms with Gasteiger partial charge in [-0.2, -0.15) is 0 Å². The fourth-order valence-corrected chi connectivity index (χ4v) is 6.02. The van der Waals surface area contributed by atoms with E-state index in [1.54, 1.807) is 0 Å². The number of hydrogen-bond donors (Lipinski definition) is 3. The molecule has 0 radical (unpaired) electrons. The molecule has 9 nitrogen and oxygen atoms in total. The van der Waals surface area contributed by atoms with Crippen molar-refractivity contribution in [2.45, 2.75) is 50.5 Å². The molecule has 0 aromatic heterocycles. The Labute approximate surface area is 288 Å². The molecular formula is C40H45N3O6. The van der Waals surface area contributed by atoms with E-state index < -0.39 is 24.3 Å². The summed E-state index contributed by atoms with van der Waals surface area (Å²) in [6.07, 6.45) is 2.11. The first kappa shape index (κ1) is 35.5. The molecule has 1 fully saturated rings. The van der Waals surface area contributed by atoms with Crippen LogP contribution in [-0.2, 0) is 38.6 Å². The van der Waals surface area contributed by atoms with Crippen molar-refractivity contribution in [1.82, 2.24) is 15.5 Å². The third-order valence-corrected chi connectivity index (χ3v) is 8.60. The number of likely N-dealkylation sites (N-methyl/N-ethyl adjacent to an activating group) is 1.